The van der Waals surface area contributed by atoms with E-state index in [0.717, 1.165) is 19.6 Å². The van der Waals surface area contributed by atoms with Gasteiger partial charge in [-0.3, -0.25) is 4.79 Å². The summed E-state index contributed by atoms with van der Waals surface area (Å²) in [6.07, 6.45) is 0.603. The highest BCUT2D eigenvalue weighted by Crippen LogP contribution is 2.55. The molecule has 0 N–H and O–H groups in total. The van der Waals surface area contributed by atoms with Crippen LogP contribution in [0.15, 0.2) is 0 Å². The van der Waals surface area contributed by atoms with Crippen molar-refractivity contribution in [2.75, 3.05) is 26.2 Å². The van der Waals surface area contributed by atoms with Crippen LogP contribution in [-0.2, 0) is 14.3 Å². The summed E-state index contributed by atoms with van der Waals surface area (Å²) in [5.74, 6) is -0.120. The van der Waals surface area contributed by atoms with Crippen molar-refractivity contribution in [3.63, 3.8) is 0 Å². The summed E-state index contributed by atoms with van der Waals surface area (Å²) in [6, 6.07) is 0. The smallest absolute Gasteiger partial charge is 0.312 e. The van der Waals surface area contributed by atoms with Gasteiger partial charge in [0.1, 0.15) is 6.61 Å². The van der Waals surface area contributed by atoms with Gasteiger partial charge in [0.25, 0.3) is 0 Å². The maximum absolute atomic E-state index is 13.5. The van der Waals surface area contributed by atoms with Crippen molar-refractivity contribution < 1.29 is 14.3 Å². The molecule has 0 bridgehead atoms. The van der Waals surface area contributed by atoms with Gasteiger partial charge >= 0.3 is 5.97 Å². The van der Waals surface area contributed by atoms with Gasteiger partial charge in [0.15, 0.2) is 0 Å². The van der Waals surface area contributed by atoms with E-state index in [4.69, 9.17) is 9.47 Å². The summed E-state index contributed by atoms with van der Waals surface area (Å²) in [6.45, 7) is 30.8. The summed E-state index contributed by atoms with van der Waals surface area (Å²) >= 11 is 0. The van der Waals surface area contributed by atoms with Crippen molar-refractivity contribution in [1.82, 2.24) is 4.90 Å². The number of ether oxygens (including phenoxy) is 2. The fourth-order valence-corrected chi connectivity index (χ4v) is 4.06. The van der Waals surface area contributed by atoms with E-state index in [1.54, 1.807) is 0 Å². The number of carbonyl (C=O) groups is 1. The first kappa shape index (κ1) is 27.4. The first-order valence-corrected chi connectivity index (χ1v) is 10.9. The Hall–Kier alpha value is -0.610. The summed E-state index contributed by atoms with van der Waals surface area (Å²) in [5, 5.41) is 0. The molecule has 0 aliphatic carbocycles. The zero-order valence-corrected chi connectivity index (χ0v) is 21.2. The van der Waals surface area contributed by atoms with E-state index in [2.05, 4.69) is 94.9 Å². The average molecular weight is 400 g/mol. The highest BCUT2D eigenvalue weighted by Gasteiger charge is 2.56. The third kappa shape index (κ3) is 7.33. The molecule has 0 amide bonds. The summed E-state index contributed by atoms with van der Waals surface area (Å²) in [7, 11) is 0. The van der Waals surface area contributed by atoms with E-state index in [-0.39, 0.29) is 22.4 Å². The SMILES string of the molecule is CCN(CC)CCOC(=O)C(C)(CC(C)(C)OC(C)(C)C)C(C)(C)C(C)(C)C. The number of rotatable bonds is 10. The van der Waals surface area contributed by atoms with Crippen LogP contribution >= 0.6 is 0 Å². The van der Waals surface area contributed by atoms with E-state index in [1.807, 2.05) is 0 Å². The fourth-order valence-electron chi connectivity index (χ4n) is 4.06. The minimum atomic E-state index is -0.677. The van der Waals surface area contributed by atoms with Crippen molar-refractivity contribution in [3.8, 4) is 0 Å². The molecule has 168 valence electrons. The van der Waals surface area contributed by atoms with E-state index < -0.39 is 11.0 Å². The molecule has 0 aliphatic heterocycles. The first-order valence-electron chi connectivity index (χ1n) is 10.9. The summed E-state index contributed by atoms with van der Waals surface area (Å²) < 4.78 is 12.2. The van der Waals surface area contributed by atoms with E-state index in [1.165, 1.54) is 0 Å². The van der Waals surface area contributed by atoms with Crippen LogP contribution < -0.4 is 0 Å². The van der Waals surface area contributed by atoms with Crippen molar-refractivity contribution in [2.45, 2.75) is 108 Å². The standard InChI is InChI=1S/C24H49NO3/c1-14-25(15-2)16-17-27-19(26)24(13,23(11,12)20(3,4)5)18-22(9,10)28-21(6,7)8/h14-18H2,1-13H3. The molecular formula is C24H49NO3. The van der Waals surface area contributed by atoms with Gasteiger partial charge in [-0.05, 0) is 71.9 Å². The molecule has 28 heavy (non-hydrogen) atoms. The zero-order valence-electron chi connectivity index (χ0n) is 21.2. The molecule has 0 aromatic rings. The molecule has 1 unspecified atom stereocenters. The molecule has 4 nitrogen and oxygen atoms in total. The van der Waals surface area contributed by atoms with Crippen LogP contribution in [0.5, 0.6) is 0 Å². The highest BCUT2D eigenvalue weighted by atomic mass is 16.5. The van der Waals surface area contributed by atoms with Crippen LogP contribution in [0, 0.1) is 16.2 Å². The van der Waals surface area contributed by atoms with Gasteiger partial charge in [0.2, 0.25) is 0 Å². The minimum absolute atomic E-state index is 0.0720. The maximum atomic E-state index is 13.5. The lowest BCUT2D eigenvalue weighted by atomic mass is 9.52. The zero-order chi connectivity index (χ0) is 22.6. The first-order chi connectivity index (χ1) is 12.3. The van der Waals surface area contributed by atoms with Crippen molar-refractivity contribution in [3.05, 3.63) is 0 Å². The summed E-state index contributed by atoms with van der Waals surface area (Å²) in [4.78, 5) is 15.7. The Kier molecular flexibility index (Phi) is 9.26. The Morgan fingerprint density at radius 1 is 0.821 bits per heavy atom. The van der Waals surface area contributed by atoms with E-state index in [0.29, 0.717) is 13.0 Å². The Bertz CT molecular complexity index is 493. The molecule has 0 saturated carbocycles. The number of carbonyl (C=O) groups excluding carboxylic acids is 1. The third-order valence-electron chi connectivity index (χ3n) is 6.60. The fraction of sp³-hybridized carbons (Fsp3) is 0.958. The van der Waals surface area contributed by atoms with Gasteiger partial charge in [-0.1, -0.05) is 48.5 Å². The summed E-state index contributed by atoms with van der Waals surface area (Å²) in [5.41, 5.74) is -1.76. The van der Waals surface area contributed by atoms with Crippen LogP contribution in [-0.4, -0.2) is 48.3 Å². The predicted octanol–water partition coefficient (Wildman–Crippen LogP) is 5.93. The molecule has 4 heteroatoms. The quantitative estimate of drug-likeness (QED) is 0.427. The lowest BCUT2D eigenvalue weighted by molar-refractivity contribution is -0.188. The monoisotopic (exact) mass is 399 g/mol. The lowest BCUT2D eigenvalue weighted by Gasteiger charge is -2.53. The van der Waals surface area contributed by atoms with Gasteiger partial charge in [-0.2, -0.15) is 0 Å². The van der Waals surface area contributed by atoms with E-state index >= 15 is 0 Å². The number of hydrogen-bond donors (Lipinski definition) is 0. The molecule has 0 rings (SSSR count). The number of esters is 1. The number of likely N-dealkylation sites (N-methyl/N-ethyl adjacent to an activating group) is 1. The van der Waals surface area contributed by atoms with Crippen molar-refractivity contribution in [2.24, 2.45) is 16.2 Å². The Balaban J connectivity index is 5.73. The van der Waals surface area contributed by atoms with Crippen molar-refractivity contribution >= 4 is 5.97 Å². The highest BCUT2D eigenvalue weighted by molar-refractivity contribution is 5.77. The molecule has 0 heterocycles. The molecule has 0 fully saturated rings. The van der Waals surface area contributed by atoms with Crippen LogP contribution in [0.25, 0.3) is 0 Å². The predicted molar refractivity (Wildman–Crippen MR) is 120 cm³/mol. The Morgan fingerprint density at radius 3 is 1.64 bits per heavy atom. The molecule has 0 saturated heterocycles. The van der Waals surface area contributed by atoms with Crippen LogP contribution in [0.1, 0.15) is 96.4 Å². The third-order valence-corrected chi connectivity index (χ3v) is 6.60. The minimum Gasteiger partial charge on any atom is -0.464 e. The van der Waals surface area contributed by atoms with Gasteiger partial charge < -0.3 is 14.4 Å². The Morgan fingerprint density at radius 2 is 1.29 bits per heavy atom. The molecule has 0 radical (unpaired) electrons. The van der Waals surface area contributed by atoms with E-state index in [9.17, 15) is 4.79 Å². The van der Waals surface area contributed by atoms with Gasteiger partial charge in [-0.15, -0.1) is 0 Å². The molecule has 0 aromatic carbocycles. The molecule has 0 aromatic heterocycles. The topological polar surface area (TPSA) is 38.8 Å². The molecule has 1 atom stereocenters. The molecule has 0 spiro atoms. The number of nitrogens with zero attached hydrogens (tertiary/aromatic N) is 1. The lowest BCUT2D eigenvalue weighted by Crippen LogP contribution is -2.54. The van der Waals surface area contributed by atoms with Gasteiger partial charge in [-0.25, -0.2) is 0 Å². The maximum Gasteiger partial charge on any atom is 0.312 e. The largest absolute Gasteiger partial charge is 0.464 e. The molecular weight excluding hydrogens is 350 g/mol. The van der Waals surface area contributed by atoms with Gasteiger partial charge in [0, 0.05) is 6.54 Å². The van der Waals surface area contributed by atoms with Gasteiger partial charge in [0.05, 0.1) is 16.6 Å². The van der Waals surface area contributed by atoms with Crippen LogP contribution in [0.3, 0.4) is 0 Å². The Labute approximate surface area is 175 Å². The normalized spacial score (nSPS) is 16.2. The number of hydrogen-bond acceptors (Lipinski definition) is 4. The van der Waals surface area contributed by atoms with Crippen LogP contribution in [0.4, 0.5) is 0 Å². The molecule has 0 aliphatic rings. The van der Waals surface area contributed by atoms with Crippen molar-refractivity contribution in [1.29, 1.82) is 0 Å². The second kappa shape index (κ2) is 9.47. The second-order valence-electron chi connectivity index (χ2n) is 11.5. The second-order valence-corrected chi connectivity index (χ2v) is 11.5. The average Bonchev–Trinajstić information content (AvgIpc) is 2.46. The van der Waals surface area contributed by atoms with Crippen LogP contribution in [0.2, 0.25) is 0 Å².